The topological polar surface area (TPSA) is 66.5 Å². The summed E-state index contributed by atoms with van der Waals surface area (Å²) in [7, 11) is 0. The first-order valence-corrected chi connectivity index (χ1v) is 6.60. The highest BCUT2D eigenvalue weighted by Gasteiger charge is 2.09. The summed E-state index contributed by atoms with van der Waals surface area (Å²) < 4.78 is 5.28. The van der Waals surface area contributed by atoms with Crippen molar-refractivity contribution in [2.24, 2.45) is 0 Å². The number of nitrogens with zero attached hydrogens (tertiary/aromatic N) is 2. The molecule has 2 rings (SSSR count). The van der Waals surface area contributed by atoms with Crippen molar-refractivity contribution in [3.63, 3.8) is 0 Å². The molecule has 2 amide bonds. The molecular formula is C13H20N4O2. The van der Waals surface area contributed by atoms with Gasteiger partial charge in [0.2, 0.25) is 0 Å². The quantitative estimate of drug-likeness (QED) is 0.776. The fraction of sp³-hybridized carbons (Fsp3) is 0.538. The second-order valence-corrected chi connectivity index (χ2v) is 4.40. The predicted octanol–water partition coefficient (Wildman–Crippen LogP) is 0.925. The van der Waals surface area contributed by atoms with Gasteiger partial charge >= 0.3 is 6.03 Å². The van der Waals surface area contributed by atoms with Gasteiger partial charge in [-0.25, -0.2) is 9.78 Å². The van der Waals surface area contributed by atoms with Crippen molar-refractivity contribution >= 4 is 11.8 Å². The number of carbonyl (C=O) groups excluding carboxylic acids is 1. The average Bonchev–Trinajstić information content (AvgIpc) is 2.46. The van der Waals surface area contributed by atoms with E-state index in [1.807, 2.05) is 12.1 Å². The molecule has 0 saturated carbocycles. The maximum absolute atomic E-state index is 11.6. The van der Waals surface area contributed by atoms with E-state index in [0.29, 0.717) is 12.4 Å². The normalized spacial score (nSPS) is 16.0. The van der Waals surface area contributed by atoms with Gasteiger partial charge in [0.25, 0.3) is 0 Å². The molecule has 0 aromatic carbocycles. The summed E-state index contributed by atoms with van der Waals surface area (Å²) in [5, 5.41) is 5.51. The van der Waals surface area contributed by atoms with Crippen molar-refractivity contribution < 1.29 is 9.53 Å². The number of pyridine rings is 1. The molecule has 6 heteroatoms. The average molecular weight is 264 g/mol. The van der Waals surface area contributed by atoms with Crippen molar-refractivity contribution in [1.29, 1.82) is 0 Å². The van der Waals surface area contributed by atoms with Crippen molar-refractivity contribution in [2.75, 3.05) is 44.7 Å². The Morgan fingerprint density at radius 3 is 2.95 bits per heavy atom. The van der Waals surface area contributed by atoms with E-state index in [9.17, 15) is 4.79 Å². The van der Waals surface area contributed by atoms with Crippen LogP contribution in [0.3, 0.4) is 0 Å². The van der Waals surface area contributed by atoms with E-state index >= 15 is 0 Å². The first-order chi connectivity index (χ1) is 9.34. The summed E-state index contributed by atoms with van der Waals surface area (Å²) in [5.41, 5.74) is 0. The highest BCUT2D eigenvalue weighted by Crippen LogP contribution is 1.99. The van der Waals surface area contributed by atoms with Gasteiger partial charge in [-0.2, -0.15) is 0 Å². The molecule has 1 saturated heterocycles. The molecule has 1 aliphatic heterocycles. The second-order valence-electron chi connectivity index (χ2n) is 4.40. The summed E-state index contributed by atoms with van der Waals surface area (Å²) in [6.45, 7) is 5.25. The van der Waals surface area contributed by atoms with Crippen LogP contribution < -0.4 is 10.6 Å². The number of ether oxygens (including phenoxy) is 1. The zero-order valence-electron chi connectivity index (χ0n) is 11.0. The van der Waals surface area contributed by atoms with Gasteiger partial charge in [-0.15, -0.1) is 0 Å². The first kappa shape index (κ1) is 13.8. The Labute approximate surface area is 113 Å². The maximum atomic E-state index is 11.6. The molecule has 0 atom stereocenters. The van der Waals surface area contributed by atoms with Gasteiger partial charge in [-0.1, -0.05) is 6.07 Å². The minimum absolute atomic E-state index is 0.208. The van der Waals surface area contributed by atoms with Gasteiger partial charge in [0.1, 0.15) is 5.82 Å². The Hall–Kier alpha value is -1.66. The molecule has 1 fully saturated rings. The van der Waals surface area contributed by atoms with Crippen LogP contribution in [0.5, 0.6) is 0 Å². The molecule has 1 aromatic heterocycles. The lowest BCUT2D eigenvalue weighted by molar-refractivity contribution is 0.0375. The number of urea groups is 1. The Morgan fingerprint density at radius 2 is 2.21 bits per heavy atom. The molecular weight excluding hydrogens is 244 g/mol. The Bertz CT molecular complexity index is 379. The minimum atomic E-state index is -0.208. The van der Waals surface area contributed by atoms with E-state index in [2.05, 4.69) is 20.5 Å². The maximum Gasteiger partial charge on any atom is 0.320 e. The van der Waals surface area contributed by atoms with Gasteiger partial charge in [-0.3, -0.25) is 10.2 Å². The molecule has 19 heavy (non-hydrogen) atoms. The third kappa shape index (κ3) is 5.23. The highest BCUT2D eigenvalue weighted by molar-refractivity contribution is 5.88. The lowest BCUT2D eigenvalue weighted by atomic mass is 10.3. The van der Waals surface area contributed by atoms with Crippen LogP contribution in [-0.4, -0.2) is 55.3 Å². The van der Waals surface area contributed by atoms with Gasteiger partial charge in [-0.05, 0) is 25.1 Å². The molecule has 1 aromatic rings. The molecule has 0 bridgehead atoms. The molecule has 2 heterocycles. The number of hydrogen-bond acceptors (Lipinski definition) is 4. The van der Waals surface area contributed by atoms with Gasteiger partial charge in [0, 0.05) is 25.8 Å². The summed E-state index contributed by atoms with van der Waals surface area (Å²) in [6, 6.07) is 5.19. The van der Waals surface area contributed by atoms with Crippen LogP contribution in [0.1, 0.15) is 6.42 Å². The molecule has 6 nitrogen and oxygen atoms in total. The smallest absolute Gasteiger partial charge is 0.320 e. The fourth-order valence-electron chi connectivity index (χ4n) is 1.93. The Balaban J connectivity index is 1.56. The van der Waals surface area contributed by atoms with E-state index < -0.39 is 0 Å². The number of anilines is 1. The largest absolute Gasteiger partial charge is 0.379 e. The van der Waals surface area contributed by atoms with Crippen LogP contribution in [0.2, 0.25) is 0 Å². The predicted molar refractivity (Wildman–Crippen MR) is 73.1 cm³/mol. The van der Waals surface area contributed by atoms with E-state index in [-0.39, 0.29) is 6.03 Å². The van der Waals surface area contributed by atoms with Crippen molar-refractivity contribution in [2.45, 2.75) is 6.42 Å². The summed E-state index contributed by atoms with van der Waals surface area (Å²) >= 11 is 0. The van der Waals surface area contributed by atoms with Gasteiger partial charge < -0.3 is 10.1 Å². The second kappa shape index (κ2) is 7.70. The van der Waals surface area contributed by atoms with Crippen LogP contribution in [0.4, 0.5) is 10.6 Å². The Kier molecular flexibility index (Phi) is 5.58. The van der Waals surface area contributed by atoms with Crippen molar-refractivity contribution in [3.8, 4) is 0 Å². The van der Waals surface area contributed by atoms with Crippen LogP contribution in [-0.2, 0) is 4.74 Å². The standard InChI is InChI=1S/C13H20N4O2/c18-13(16-12-4-1-2-5-14-12)15-6-3-7-17-8-10-19-11-9-17/h1-2,4-5H,3,6-11H2,(H2,14,15,16,18). The third-order valence-electron chi connectivity index (χ3n) is 2.95. The van der Waals surface area contributed by atoms with E-state index in [0.717, 1.165) is 39.3 Å². The number of hydrogen-bond donors (Lipinski definition) is 2. The highest BCUT2D eigenvalue weighted by atomic mass is 16.5. The number of nitrogens with one attached hydrogen (secondary N) is 2. The molecule has 2 N–H and O–H groups in total. The zero-order valence-corrected chi connectivity index (χ0v) is 11.0. The lowest BCUT2D eigenvalue weighted by Crippen LogP contribution is -2.38. The summed E-state index contributed by atoms with van der Waals surface area (Å²) in [5.74, 6) is 0.563. The first-order valence-electron chi connectivity index (χ1n) is 6.60. The van der Waals surface area contributed by atoms with Crippen molar-refractivity contribution in [1.82, 2.24) is 15.2 Å². The number of morpholine rings is 1. The van der Waals surface area contributed by atoms with Crippen LogP contribution in [0.15, 0.2) is 24.4 Å². The monoisotopic (exact) mass is 264 g/mol. The Morgan fingerprint density at radius 1 is 1.37 bits per heavy atom. The summed E-state index contributed by atoms with van der Waals surface area (Å²) in [4.78, 5) is 17.9. The summed E-state index contributed by atoms with van der Waals surface area (Å²) in [6.07, 6.45) is 2.59. The van der Waals surface area contributed by atoms with Crippen LogP contribution >= 0.6 is 0 Å². The molecule has 0 aliphatic carbocycles. The zero-order chi connectivity index (χ0) is 13.3. The third-order valence-corrected chi connectivity index (χ3v) is 2.95. The van der Waals surface area contributed by atoms with E-state index in [1.54, 1.807) is 12.3 Å². The minimum Gasteiger partial charge on any atom is -0.379 e. The fourth-order valence-corrected chi connectivity index (χ4v) is 1.93. The van der Waals surface area contributed by atoms with Crippen LogP contribution in [0.25, 0.3) is 0 Å². The number of carbonyl (C=O) groups is 1. The molecule has 0 spiro atoms. The van der Waals surface area contributed by atoms with E-state index in [1.165, 1.54) is 0 Å². The van der Waals surface area contributed by atoms with E-state index in [4.69, 9.17) is 4.74 Å². The molecule has 0 unspecified atom stereocenters. The number of aromatic nitrogens is 1. The number of rotatable bonds is 5. The van der Waals surface area contributed by atoms with Gasteiger partial charge in [0.05, 0.1) is 13.2 Å². The van der Waals surface area contributed by atoms with Gasteiger partial charge in [0.15, 0.2) is 0 Å². The molecule has 0 radical (unpaired) electrons. The lowest BCUT2D eigenvalue weighted by Gasteiger charge is -2.26. The van der Waals surface area contributed by atoms with Crippen molar-refractivity contribution in [3.05, 3.63) is 24.4 Å². The van der Waals surface area contributed by atoms with Crippen LogP contribution in [0, 0.1) is 0 Å². The number of amides is 2. The molecule has 104 valence electrons. The molecule has 1 aliphatic rings. The SMILES string of the molecule is O=C(NCCCN1CCOCC1)Nc1ccccn1.